The lowest BCUT2D eigenvalue weighted by Crippen LogP contribution is -2.37. The van der Waals surface area contributed by atoms with Crippen LogP contribution in [-0.4, -0.2) is 12.6 Å². The molecule has 1 nitrogen and oxygen atoms in total. The first kappa shape index (κ1) is 12.6. The summed E-state index contributed by atoms with van der Waals surface area (Å²) in [5.41, 5.74) is 2.44. The molecule has 2 atom stereocenters. The zero-order chi connectivity index (χ0) is 12.4. The predicted molar refractivity (Wildman–Crippen MR) is 69.7 cm³/mol. The van der Waals surface area contributed by atoms with Crippen LogP contribution in [0.4, 0.5) is 4.39 Å². The number of benzene rings is 1. The number of aryl methyl sites for hydroxylation is 1. The number of halogens is 1. The monoisotopic (exact) mass is 235 g/mol. The molecule has 0 bridgehead atoms. The number of rotatable bonds is 4. The Bertz CT molecular complexity index is 387. The van der Waals surface area contributed by atoms with E-state index in [4.69, 9.17) is 0 Å². The smallest absolute Gasteiger partial charge is 0.123 e. The first-order valence-corrected chi connectivity index (χ1v) is 6.57. The van der Waals surface area contributed by atoms with Crippen molar-refractivity contribution in [3.8, 4) is 0 Å². The van der Waals surface area contributed by atoms with Gasteiger partial charge in [-0.25, -0.2) is 4.39 Å². The average Bonchev–Trinajstić information content (AvgIpc) is 2.20. The van der Waals surface area contributed by atoms with Crippen molar-refractivity contribution in [3.05, 3.63) is 35.1 Å². The molecule has 0 heterocycles. The van der Waals surface area contributed by atoms with Gasteiger partial charge in [0.1, 0.15) is 5.82 Å². The van der Waals surface area contributed by atoms with Crippen molar-refractivity contribution in [2.24, 2.45) is 5.92 Å². The van der Waals surface area contributed by atoms with Crippen molar-refractivity contribution in [3.63, 3.8) is 0 Å². The van der Waals surface area contributed by atoms with E-state index in [0.717, 1.165) is 18.0 Å². The van der Waals surface area contributed by atoms with Crippen LogP contribution < -0.4 is 5.32 Å². The largest absolute Gasteiger partial charge is 0.314 e. The summed E-state index contributed by atoms with van der Waals surface area (Å²) in [7, 11) is 0. The molecule has 1 aliphatic rings. The van der Waals surface area contributed by atoms with E-state index < -0.39 is 0 Å². The van der Waals surface area contributed by atoms with Gasteiger partial charge in [0, 0.05) is 6.04 Å². The normalized spacial score (nSPS) is 23.8. The van der Waals surface area contributed by atoms with Gasteiger partial charge in [0.25, 0.3) is 0 Å². The number of hydrogen-bond acceptors (Lipinski definition) is 1. The predicted octanol–water partition coefficient (Wildman–Crippen LogP) is 3.63. The second kappa shape index (κ2) is 5.18. The van der Waals surface area contributed by atoms with E-state index in [2.05, 4.69) is 19.2 Å². The van der Waals surface area contributed by atoms with E-state index in [1.165, 1.54) is 18.4 Å². The van der Waals surface area contributed by atoms with Crippen LogP contribution in [0.1, 0.15) is 43.7 Å². The summed E-state index contributed by atoms with van der Waals surface area (Å²) in [5.74, 6) is 1.23. The van der Waals surface area contributed by atoms with Gasteiger partial charge in [0.15, 0.2) is 0 Å². The molecule has 1 N–H and O–H groups in total. The van der Waals surface area contributed by atoms with E-state index in [-0.39, 0.29) is 5.82 Å². The van der Waals surface area contributed by atoms with Crippen molar-refractivity contribution >= 4 is 0 Å². The molecule has 0 amide bonds. The summed E-state index contributed by atoms with van der Waals surface area (Å²) in [6.45, 7) is 7.45. The van der Waals surface area contributed by atoms with Gasteiger partial charge in [-0.15, -0.1) is 0 Å². The Morgan fingerprint density at radius 2 is 2.12 bits per heavy atom. The highest BCUT2D eigenvalue weighted by molar-refractivity contribution is 5.32. The zero-order valence-corrected chi connectivity index (χ0v) is 11.0. The molecule has 2 heteroatoms. The molecule has 2 unspecified atom stereocenters. The van der Waals surface area contributed by atoms with Crippen LogP contribution in [0.25, 0.3) is 0 Å². The lowest BCUT2D eigenvalue weighted by molar-refractivity contribution is 0.240. The van der Waals surface area contributed by atoms with Crippen LogP contribution >= 0.6 is 0 Å². The Kier molecular flexibility index (Phi) is 3.82. The van der Waals surface area contributed by atoms with Crippen molar-refractivity contribution in [2.75, 3.05) is 6.54 Å². The zero-order valence-electron chi connectivity index (χ0n) is 11.0. The Labute approximate surface area is 103 Å². The van der Waals surface area contributed by atoms with E-state index in [1.54, 1.807) is 12.1 Å². The van der Waals surface area contributed by atoms with Gasteiger partial charge in [-0.05, 0) is 61.4 Å². The second-order valence-electron chi connectivity index (χ2n) is 5.51. The van der Waals surface area contributed by atoms with Gasteiger partial charge in [-0.3, -0.25) is 0 Å². The fourth-order valence-corrected chi connectivity index (χ4v) is 2.67. The van der Waals surface area contributed by atoms with E-state index >= 15 is 0 Å². The van der Waals surface area contributed by atoms with E-state index in [1.807, 2.05) is 13.0 Å². The highest BCUT2D eigenvalue weighted by atomic mass is 19.1. The van der Waals surface area contributed by atoms with E-state index in [0.29, 0.717) is 12.0 Å². The molecule has 1 aromatic carbocycles. The SMILES string of the molecule is Cc1cc(F)ccc1C1CCC1CNC(C)C. The number of nitrogens with one attached hydrogen (secondary N) is 1. The Morgan fingerprint density at radius 3 is 2.65 bits per heavy atom. The minimum atomic E-state index is -0.123. The quantitative estimate of drug-likeness (QED) is 0.840. The molecule has 1 aromatic rings. The minimum absolute atomic E-state index is 0.123. The molecule has 0 radical (unpaired) electrons. The van der Waals surface area contributed by atoms with Gasteiger partial charge in [-0.1, -0.05) is 19.9 Å². The second-order valence-corrected chi connectivity index (χ2v) is 5.51. The lowest BCUT2D eigenvalue weighted by atomic mass is 9.69. The maximum Gasteiger partial charge on any atom is 0.123 e. The van der Waals surface area contributed by atoms with Gasteiger partial charge in [-0.2, -0.15) is 0 Å². The molecule has 1 fully saturated rings. The molecule has 2 rings (SSSR count). The van der Waals surface area contributed by atoms with Gasteiger partial charge in [0.05, 0.1) is 0 Å². The highest BCUT2D eigenvalue weighted by Gasteiger charge is 2.32. The summed E-state index contributed by atoms with van der Waals surface area (Å²) in [4.78, 5) is 0. The Hall–Kier alpha value is -0.890. The van der Waals surface area contributed by atoms with Crippen molar-refractivity contribution in [2.45, 2.75) is 45.6 Å². The van der Waals surface area contributed by atoms with Gasteiger partial charge in [0.2, 0.25) is 0 Å². The molecule has 94 valence electrons. The molecule has 0 aromatic heterocycles. The van der Waals surface area contributed by atoms with Crippen LogP contribution in [0.15, 0.2) is 18.2 Å². The average molecular weight is 235 g/mol. The minimum Gasteiger partial charge on any atom is -0.314 e. The van der Waals surface area contributed by atoms with Crippen LogP contribution in [0.3, 0.4) is 0 Å². The third-order valence-corrected chi connectivity index (χ3v) is 3.84. The van der Waals surface area contributed by atoms with Gasteiger partial charge < -0.3 is 5.32 Å². The summed E-state index contributed by atoms with van der Waals surface area (Å²) < 4.78 is 13.1. The molecule has 0 spiro atoms. The summed E-state index contributed by atoms with van der Waals surface area (Å²) >= 11 is 0. The summed E-state index contributed by atoms with van der Waals surface area (Å²) in [5, 5.41) is 3.50. The van der Waals surface area contributed by atoms with Crippen molar-refractivity contribution < 1.29 is 4.39 Å². The van der Waals surface area contributed by atoms with Crippen molar-refractivity contribution in [1.82, 2.24) is 5.32 Å². The first-order valence-electron chi connectivity index (χ1n) is 6.57. The van der Waals surface area contributed by atoms with Crippen LogP contribution in [0.5, 0.6) is 0 Å². The van der Waals surface area contributed by atoms with Crippen LogP contribution in [0.2, 0.25) is 0 Å². The fourth-order valence-electron chi connectivity index (χ4n) is 2.67. The number of hydrogen-bond donors (Lipinski definition) is 1. The maximum atomic E-state index is 13.1. The van der Waals surface area contributed by atoms with Crippen LogP contribution in [-0.2, 0) is 0 Å². The summed E-state index contributed by atoms with van der Waals surface area (Å²) in [6, 6.07) is 5.76. The first-order chi connectivity index (χ1) is 8.08. The Morgan fingerprint density at radius 1 is 1.35 bits per heavy atom. The lowest BCUT2D eigenvalue weighted by Gasteiger charge is -2.38. The van der Waals surface area contributed by atoms with Crippen LogP contribution in [0, 0.1) is 18.7 Å². The Balaban J connectivity index is 2.02. The third kappa shape index (κ3) is 2.86. The van der Waals surface area contributed by atoms with Crippen molar-refractivity contribution in [1.29, 1.82) is 0 Å². The topological polar surface area (TPSA) is 12.0 Å². The maximum absolute atomic E-state index is 13.1. The summed E-state index contributed by atoms with van der Waals surface area (Å²) in [6.07, 6.45) is 2.54. The van der Waals surface area contributed by atoms with Gasteiger partial charge >= 0.3 is 0 Å². The molecular formula is C15H22FN. The standard InChI is InChI=1S/C15H22FN/c1-10(2)17-9-12-4-6-15(12)14-7-5-13(16)8-11(14)3/h5,7-8,10,12,15,17H,4,6,9H2,1-3H3. The molecular weight excluding hydrogens is 213 g/mol. The van der Waals surface area contributed by atoms with E-state index in [9.17, 15) is 4.39 Å². The third-order valence-electron chi connectivity index (χ3n) is 3.84. The molecule has 1 saturated carbocycles. The molecule has 1 aliphatic carbocycles. The fraction of sp³-hybridized carbons (Fsp3) is 0.600. The molecule has 17 heavy (non-hydrogen) atoms. The molecule has 0 saturated heterocycles. The highest BCUT2D eigenvalue weighted by Crippen LogP contribution is 2.43. The molecule has 0 aliphatic heterocycles.